The summed E-state index contributed by atoms with van der Waals surface area (Å²) < 4.78 is 6.37. The molecule has 2 aromatic carbocycles. The Bertz CT molecular complexity index is 709. The van der Waals surface area contributed by atoms with Gasteiger partial charge in [-0.15, -0.1) is 0 Å². The van der Waals surface area contributed by atoms with Crippen molar-refractivity contribution in [3.63, 3.8) is 0 Å². The highest BCUT2D eigenvalue weighted by Crippen LogP contribution is 2.29. The SMILES string of the molecule is C[C@H](Oc1ccc(Cl)cc1Cl)C(=O)Nc1ccc(Br)cc1Cl. The largest absolute Gasteiger partial charge is 0.479 e. The van der Waals surface area contributed by atoms with E-state index in [1.165, 1.54) is 0 Å². The van der Waals surface area contributed by atoms with Crippen molar-refractivity contribution in [1.29, 1.82) is 0 Å². The third-order valence-corrected chi connectivity index (χ3v) is 4.09. The van der Waals surface area contributed by atoms with Crippen LogP contribution in [0.3, 0.4) is 0 Å². The maximum absolute atomic E-state index is 12.2. The van der Waals surface area contributed by atoms with E-state index in [0.29, 0.717) is 26.5 Å². The number of carbonyl (C=O) groups is 1. The number of ether oxygens (including phenoxy) is 1. The fourth-order valence-corrected chi connectivity index (χ4v) is 2.81. The number of amides is 1. The van der Waals surface area contributed by atoms with Crippen molar-refractivity contribution < 1.29 is 9.53 Å². The Morgan fingerprint density at radius 3 is 2.50 bits per heavy atom. The van der Waals surface area contributed by atoms with Gasteiger partial charge in [0, 0.05) is 9.50 Å². The number of carbonyl (C=O) groups excluding carboxylic acids is 1. The molecule has 0 heterocycles. The van der Waals surface area contributed by atoms with Gasteiger partial charge in [0.15, 0.2) is 6.10 Å². The summed E-state index contributed by atoms with van der Waals surface area (Å²) in [5, 5.41) is 3.97. The van der Waals surface area contributed by atoms with E-state index in [9.17, 15) is 4.79 Å². The first-order valence-electron chi connectivity index (χ1n) is 6.24. The second-order valence-electron chi connectivity index (χ2n) is 4.45. The second kappa shape index (κ2) is 7.55. The molecule has 0 bridgehead atoms. The first-order valence-corrected chi connectivity index (χ1v) is 8.17. The minimum Gasteiger partial charge on any atom is -0.479 e. The molecule has 1 amide bonds. The first kappa shape index (κ1) is 17.4. The molecule has 0 aliphatic carbocycles. The number of anilines is 1. The number of rotatable bonds is 4. The van der Waals surface area contributed by atoms with Gasteiger partial charge in [0.1, 0.15) is 5.75 Å². The van der Waals surface area contributed by atoms with E-state index in [1.807, 2.05) is 0 Å². The highest BCUT2D eigenvalue weighted by molar-refractivity contribution is 9.10. The summed E-state index contributed by atoms with van der Waals surface area (Å²) in [5.74, 6) is 0.0471. The van der Waals surface area contributed by atoms with Crippen LogP contribution in [0.5, 0.6) is 5.75 Å². The van der Waals surface area contributed by atoms with Crippen LogP contribution in [0.1, 0.15) is 6.92 Å². The molecular formula is C15H11BrCl3NO2. The van der Waals surface area contributed by atoms with Crippen molar-refractivity contribution in [3.8, 4) is 5.75 Å². The topological polar surface area (TPSA) is 38.3 Å². The predicted molar refractivity (Wildman–Crippen MR) is 94.3 cm³/mol. The fraction of sp³-hybridized carbons (Fsp3) is 0.133. The van der Waals surface area contributed by atoms with Gasteiger partial charge in [0.05, 0.1) is 15.7 Å². The normalized spacial score (nSPS) is 11.9. The Kier molecular flexibility index (Phi) is 5.98. The van der Waals surface area contributed by atoms with Crippen molar-refractivity contribution in [1.82, 2.24) is 0 Å². The van der Waals surface area contributed by atoms with Gasteiger partial charge in [-0.2, -0.15) is 0 Å². The summed E-state index contributed by atoms with van der Waals surface area (Å²) in [6, 6.07) is 9.98. The maximum atomic E-state index is 12.2. The molecule has 2 aromatic rings. The number of hydrogen-bond donors (Lipinski definition) is 1. The number of hydrogen-bond acceptors (Lipinski definition) is 2. The van der Waals surface area contributed by atoms with Gasteiger partial charge in [0.25, 0.3) is 5.91 Å². The second-order valence-corrected chi connectivity index (χ2v) is 6.61. The molecule has 3 nitrogen and oxygen atoms in total. The highest BCUT2D eigenvalue weighted by Gasteiger charge is 2.17. The molecule has 0 saturated carbocycles. The lowest BCUT2D eigenvalue weighted by molar-refractivity contribution is -0.122. The van der Waals surface area contributed by atoms with Gasteiger partial charge in [-0.25, -0.2) is 0 Å². The van der Waals surface area contributed by atoms with Gasteiger partial charge < -0.3 is 10.1 Å². The lowest BCUT2D eigenvalue weighted by atomic mass is 10.3. The Labute approximate surface area is 151 Å². The van der Waals surface area contributed by atoms with E-state index in [-0.39, 0.29) is 5.91 Å². The van der Waals surface area contributed by atoms with Crippen LogP contribution in [0.25, 0.3) is 0 Å². The summed E-state index contributed by atoms with van der Waals surface area (Å²) in [5.41, 5.74) is 0.507. The Balaban J connectivity index is 2.05. The quantitative estimate of drug-likeness (QED) is 0.673. The maximum Gasteiger partial charge on any atom is 0.265 e. The summed E-state index contributed by atoms with van der Waals surface area (Å²) in [7, 11) is 0. The monoisotopic (exact) mass is 421 g/mol. The minimum absolute atomic E-state index is 0.338. The lowest BCUT2D eigenvalue weighted by Gasteiger charge is -2.16. The molecule has 1 N–H and O–H groups in total. The Hall–Kier alpha value is -0.940. The molecule has 0 radical (unpaired) electrons. The molecule has 7 heteroatoms. The summed E-state index contributed by atoms with van der Waals surface area (Å²) in [6.07, 6.45) is -0.751. The molecule has 116 valence electrons. The van der Waals surface area contributed by atoms with Crippen LogP contribution in [0, 0.1) is 0 Å². The van der Waals surface area contributed by atoms with Crippen molar-refractivity contribution >= 4 is 62.3 Å². The van der Waals surface area contributed by atoms with Crippen LogP contribution in [0.4, 0.5) is 5.69 Å². The zero-order chi connectivity index (χ0) is 16.3. The standard InChI is InChI=1S/C15H11BrCl3NO2/c1-8(22-14-5-3-10(17)7-12(14)19)15(21)20-13-4-2-9(16)6-11(13)18/h2-8H,1H3,(H,20,21)/t8-/m0/s1. The zero-order valence-electron chi connectivity index (χ0n) is 11.4. The van der Waals surface area contributed by atoms with Gasteiger partial charge >= 0.3 is 0 Å². The average Bonchev–Trinajstić information content (AvgIpc) is 2.44. The Morgan fingerprint density at radius 2 is 1.86 bits per heavy atom. The average molecular weight is 424 g/mol. The third-order valence-electron chi connectivity index (χ3n) is 2.76. The summed E-state index contributed by atoms with van der Waals surface area (Å²) in [6.45, 7) is 1.62. The predicted octanol–water partition coefficient (Wildman–Crippen LogP) is 5.82. The molecule has 22 heavy (non-hydrogen) atoms. The van der Waals surface area contributed by atoms with E-state index < -0.39 is 6.10 Å². The van der Waals surface area contributed by atoms with Crippen LogP contribution >= 0.6 is 50.7 Å². The van der Waals surface area contributed by atoms with Crippen molar-refractivity contribution in [2.45, 2.75) is 13.0 Å². The molecule has 0 aliphatic heterocycles. The molecule has 0 aromatic heterocycles. The molecule has 2 rings (SSSR count). The van der Waals surface area contributed by atoms with Crippen LogP contribution in [-0.2, 0) is 4.79 Å². The number of nitrogens with one attached hydrogen (secondary N) is 1. The van der Waals surface area contributed by atoms with Crippen LogP contribution in [0.15, 0.2) is 40.9 Å². The Morgan fingerprint density at radius 1 is 1.14 bits per heavy atom. The summed E-state index contributed by atoms with van der Waals surface area (Å²) >= 11 is 21.2. The molecule has 0 saturated heterocycles. The molecule has 0 unspecified atom stereocenters. The fourth-order valence-electron chi connectivity index (χ4n) is 1.64. The van der Waals surface area contributed by atoms with Crippen molar-refractivity contribution in [3.05, 3.63) is 55.9 Å². The first-order chi connectivity index (χ1) is 10.4. The van der Waals surface area contributed by atoms with E-state index in [4.69, 9.17) is 39.5 Å². The van der Waals surface area contributed by atoms with Crippen LogP contribution in [-0.4, -0.2) is 12.0 Å². The summed E-state index contributed by atoms with van der Waals surface area (Å²) in [4.78, 5) is 12.2. The molecule has 0 fully saturated rings. The molecule has 1 atom stereocenters. The van der Waals surface area contributed by atoms with Crippen LogP contribution < -0.4 is 10.1 Å². The van der Waals surface area contributed by atoms with Gasteiger partial charge in [-0.3, -0.25) is 4.79 Å². The van der Waals surface area contributed by atoms with Crippen molar-refractivity contribution in [2.24, 2.45) is 0 Å². The van der Waals surface area contributed by atoms with E-state index in [1.54, 1.807) is 43.3 Å². The minimum atomic E-state index is -0.751. The van der Waals surface area contributed by atoms with Gasteiger partial charge in [-0.1, -0.05) is 50.7 Å². The molecular weight excluding hydrogens is 412 g/mol. The lowest BCUT2D eigenvalue weighted by Crippen LogP contribution is -2.30. The van der Waals surface area contributed by atoms with Crippen LogP contribution in [0.2, 0.25) is 15.1 Å². The highest BCUT2D eigenvalue weighted by atomic mass is 79.9. The van der Waals surface area contributed by atoms with E-state index in [2.05, 4.69) is 21.2 Å². The van der Waals surface area contributed by atoms with Crippen molar-refractivity contribution in [2.75, 3.05) is 5.32 Å². The number of benzene rings is 2. The zero-order valence-corrected chi connectivity index (χ0v) is 15.2. The van der Waals surface area contributed by atoms with Gasteiger partial charge in [-0.05, 0) is 43.3 Å². The molecule has 0 aliphatic rings. The van der Waals surface area contributed by atoms with E-state index in [0.717, 1.165) is 4.47 Å². The number of halogens is 4. The molecule has 0 spiro atoms. The smallest absolute Gasteiger partial charge is 0.265 e. The van der Waals surface area contributed by atoms with Gasteiger partial charge in [0.2, 0.25) is 0 Å². The third kappa shape index (κ3) is 4.53. The van der Waals surface area contributed by atoms with E-state index >= 15 is 0 Å².